The summed E-state index contributed by atoms with van der Waals surface area (Å²) in [5.74, 6) is 0.319. The van der Waals surface area contributed by atoms with Gasteiger partial charge in [-0.2, -0.15) is 5.26 Å². The minimum absolute atomic E-state index is 0.0699. The van der Waals surface area contributed by atoms with E-state index in [0.29, 0.717) is 28.4 Å². The molecule has 3 aromatic carbocycles. The highest BCUT2D eigenvalue weighted by molar-refractivity contribution is 8.18. The van der Waals surface area contributed by atoms with Gasteiger partial charge in [-0.1, -0.05) is 55.5 Å². The summed E-state index contributed by atoms with van der Waals surface area (Å²) in [5.41, 5.74) is 1.88. The predicted octanol–water partition coefficient (Wildman–Crippen LogP) is 5.74. The van der Waals surface area contributed by atoms with E-state index in [0.717, 1.165) is 34.5 Å². The van der Waals surface area contributed by atoms with Crippen molar-refractivity contribution in [3.8, 4) is 11.8 Å². The minimum atomic E-state index is -0.364. The van der Waals surface area contributed by atoms with Crippen LogP contribution in [0.5, 0.6) is 5.75 Å². The van der Waals surface area contributed by atoms with Crippen molar-refractivity contribution in [1.82, 2.24) is 4.90 Å². The summed E-state index contributed by atoms with van der Waals surface area (Å²) in [6.45, 7) is 2.66. The van der Waals surface area contributed by atoms with Crippen molar-refractivity contribution in [3.63, 3.8) is 0 Å². The highest BCUT2D eigenvalue weighted by Crippen LogP contribution is 2.37. The largest absolute Gasteiger partial charge is 0.493 e. The third kappa shape index (κ3) is 4.18. The van der Waals surface area contributed by atoms with Gasteiger partial charge < -0.3 is 4.74 Å². The van der Waals surface area contributed by atoms with E-state index in [1.54, 1.807) is 30.3 Å². The molecule has 0 N–H and O–H groups in total. The van der Waals surface area contributed by atoms with Gasteiger partial charge in [0.05, 0.1) is 29.7 Å². The zero-order valence-corrected chi connectivity index (χ0v) is 17.8. The first-order chi connectivity index (χ1) is 15.1. The van der Waals surface area contributed by atoms with E-state index in [9.17, 15) is 14.9 Å². The number of ether oxygens (including phenoxy) is 1. The van der Waals surface area contributed by atoms with Gasteiger partial charge >= 0.3 is 0 Å². The van der Waals surface area contributed by atoms with Gasteiger partial charge in [0.25, 0.3) is 11.1 Å². The maximum Gasteiger partial charge on any atom is 0.293 e. The van der Waals surface area contributed by atoms with E-state index in [-0.39, 0.29) is 17.7 Å². The molecule has 2 amide bonds. The van der Waals surface area contributed by atoms with Gasteiger partial charge in [-0.25, -0.2) is 0 Å². The van der Waals surface area contributed by atoms with E-state index in [4.69, 9.17) is 4.74 Å². The van der Waals surface area contributed by atoms with Crippen LogP contribution in [0.15, 0.2) is 65.6 Å². The normalized spacial score (nSPS) is 15.0. The quantitative estimate of drug-likeness (QED) is 0.469. The molecule has 1 heterocycles. The summed E-state index contributed by atoms with van der Waals surface area (Å²) < 4.78 is 5.92. The molecule has 0 unspecified atom stereocenters. The molecule has 0 aromatic heterocycles. The van der Waals surface area contributed by atoms with E-state index in [1.165, 1.54) is 4.90 Å². The van der Waals surface area contributed by atoms with Crippen LogP contribution in [-0.4, -0.2) is 22.7 Å². The number of benzene rings is 3. The van der Waals surface area contributed by atoms with Gasteiger partial charge in [0.15, 0.2) is 0 Å². The number of thioether (sulfide) groups is 1. The Balaban J connectivity index is 1.71. The van der Waals surface area contributed by atoms with Crippen LogP contribution in [0.1, 0.15) is 30.0 Å². The molecule has 1 saturated heterocycles. The second-order valence-electron chi connectivity index (χ2n) is 7.08. The lowest BCUT2D eigenvalue weighted by molar-refractivity contribution is -0.123. The summed E-state index contributed by atoms with van der Waals surface area (Å²) in [4.78, 5) is 27.2. The molecule has 0 bridgehead atoms. The molecule has 154 valence electrons. The van der Waals surface area contributed by atoms with Crippen LogP contribution in [0.2, 0.25) is 0 Å². The molecule has 4 rings (SSSR count). The first-order valence-electron chi connectivity index (χ1n) is 10.00. The van der Waals surface area contributed by atoms with Gasteiger partial charge in [0.1, 0.15) is 5.75 Å². The number of nitrogens with zero attached hydrogens (tertiary/aromatic N) is 2. The number of rotatable bonds is 6. The first-order valence-corrected chi connectivity index (χ1v) is 10.8. The Hall–Kier alpha value is -3.56. The number of carbonyl (C=O) groups excluding carboxylic acids is 2. The lowest BCUT2D eigenvalue weighted by Crippen LogP contribution is -2.27. The molecular weight excluding hydrogens is 408 g/mol. The second-order valence-corrected chi connectivity index (χ2v) is 8.08. The van der Waals surface area contributed by atoms with Crippen LogP contribution in [0.25, 0.3) is 16.8 Å². The summed E-state index contributed by atoms with van der Waals surface area (Å²) in [6.07, 6.45) is 2.61. The zero-order chi connectivity index (χ0) is 21.8. The maximum atomic E-state index is 13.1. The van der Waals surface area contributed by atoms with Crippen molar-refractivity contribution in [2.45, 2.75) is 19.9 Å². The predicted molar refractivity (Wildman–Crippen MR) is 122 cm³/mol. The van der Waals surface area contributed by atoms with Crippen LogP contribution in [0.3, 0.4) is 0 Å². The Morgan fingerprint density at radius 1 is 1.06 bits per heavy atom. The summed E-state index contributed by atoms with van der Waals surface area (Å²) in [5, 5.41) is 10.9. The fraction of sp³-hybridized carbons (Fsp3) is 0.160. The van der Waals surface area contributed by atoms with E-state index in [2.05, 4.69) is 6.07 Å². The van der Waals surface area contributed by atoms with Crippen molar-refractivity contribution in [3.05, 3.63) is 82.3 Å². The third-order valence-corrected chi connectivity index (χ3v) is 5.92. The molecule has 31 heavy (non-hydrogen) atoms. The van der Waals surface area contributed by atoms with Crippen molar-refractivity contribution in [2.24, 2.45) is 0 Å². The van der Waals surface area contributed by atoms with Gasteiger partial charge in [0, 0.05) is 5.56 Å². The number of hydrogen-bond acceptors (Lipinski definition) is 5. The number of amides is 2. The van der Waals surface area contributed by atoms with E-state index >= 15 is 0 Å². The Labute approximate surface area is 184 Å². The van der Waals surface area contributed by atoms with Crippen LogP contribution in [-0.2, 0) is 11.3 Å². The van der Waals surface area contributed by atoms with Gasteiger partial charge in [-0.15, -0.1) is 0 Å². The topological polar surface area (TPSA) is 70.4 Å². The summed E-state index contributed by atoms with van der Waals surface area (Å²) >= 11 is 0.911. The minimum Gasteiger partial charge on any atom is -0.493 e. The van der Waals surface area contributed by atoms with Gasteiger partial charge in [0.2, 0.25) is 0 Å². The molecular formula is C25H20N2O3S. The van der Waals surface area contributed by atoms with Crippen molar-refractivity contribution < 1.29 is 14.3 Å². The number of hydrogen-bond donors (Lipinski definition) is 0. The van der Waals surface area contributed by atoms with Crippen LogP contribution in [0.4, 0.5) is 4.79 Å². The Morgan fingerprint density at radius 2 is 1.84 bits per heavy atom. The fourth-order valence-electron chi connectivity index (χ4n) is 3.47. The lowest BCUT2D eigenvalue weighted by Gasteiger charge is -2.14. The van der Waals surface area contributed by atoms with Crippen LogP contribution in [0, 0.1) is 11.3 Å². The Morgan fingerprint density at radius 3 is 2.65 bits per heavy atom. The van der Waals surface area contributed by atoms with Gasteiger partial charge in [-0.3, -0.25) is 14.5 Å². The molecule has 1 aliphatic rings. The number of imide groups is 1. The Kier molecular flexibility index (Phi) is 6.06. The third-order valence-electron chi connectivity index (χ3n) is 5.01. The summed E-state index contributed by atoms with van der Waals surface area (Å²) in [7, 11) is 0. The van der Waals surface area contributed by atoms with Crippen molar-refractivity contribution in [1.29, 1.82) is 5.26 Å². The van der Waals surface area contributed by atoms with E-state index < -0.39 is 0 Å². The molecule has 0 spiro atoms. The maximum absolute atomic E-state index is 13.1. The Bertz CT molecular complexity index is 1240. The molecule has 0 atom stereocenters. The first kappa shape index (κ1) is 20.7. The van der Waals surface area contributed by atoms with Crippen molar-refractivity contribution >= 4 is 39.8 Å². The zero-order valence-electron chi connectivity index (χ0n) is 17.0. The lowest BCUT2D eigenvalue weighted by atomic mass is 10.0. The average Bonchev–Trinajstić information content (AvgIpc) is 3.06. The molecule has 3 aromatic rings. The highest BCUT2D eigenvalue weighted by atomic mass is 32.2. The van der Waals surface area contributed by atoms with E-state index in [1.807, 2.05) is 43.3 Å². The molecule has 0 radical (unpaired) electrons. The SMILES string of the molecule is CCCOc1ccc2ccccc2c1/C=C1/SC(=O)N(Cc2ccccc2C#N)C1=O. The van der Waals surface area contributed by atoms with Gasteiger partial charge in [-0.05, 0) is 52.7 Å². The number of fused-ring (bicyclic) bond motifs is 1. The molecule has 0 saturated carbocycles. The second kappa shape index (κ2) is 9.07. The molecule has 0 aliphatic carbocycles. The fourth-order valence-corrected chi connectivity index (χ4v) is 4.29. The smallest absolute Gasteiger partial charge is 0.293 e. The monoisotopic (exact) mass is 428 g/mol. The number of carbonyl (C=O) groups is 2. The standard InChI is InChI=1S/C25H20N2O3S/c1-2-13-30-22-12-11-17-7-5-6-10-20(17)21(22)14-23-24(28)27(25(29)31-23)16-19-9-4-3-8-18(19)15-26/h3-12,14H,2,13,16H2,1H3/b23-14+. The molecule has 1 fully saturated rings. The molecule has 1 aliphatic heterocycles. The molecule has 5 nitrogen and oxygen atoms in total. The van der Waals surface area contributed by atoms with Crippen molar-refractivity contribution in [2.75, 3.05) is 6.61 Å². The molecule has 6 heteroatoms. The number of nitriles is 1. The highest BCUT2D eigenvalue weighted by Gasteiger charge is 2.35. The average molecular weight is 429 g/mol. The van der Waals surface area contributed by atoms with Crippen LogP contribution >= 0.6 is 11.8 Å². The van der Waals surface area contributed by atoms with Crippen LogP contribution < -0.4 is 4.74 Å². The summed E-state index contributed by atoms with van der Waals surface area (Å²) in [6, 6.07) is 20.9.